The Bertz CT molecular complexity index is 979. The lowest BCUT2D eigenvalue weighted by Gasteiger charge is -2.40. The fraction of sp³-hybridized carbons (Fsp3) is 0.235. The molecule has 5 rings (SSSR count). The van der Waals surface area contributed by atoms with Gasteiger partial charge in [0, 0.05) is 19.3 Å². The number of hydrogen-bond acceptors (Lipinski definition) is 5. The monoisotopic (exact) mass is 321 g/mol. The zero-order valence-corrected chi connectivity index (χ0v) is 13.5. The third-order valence-electron chi connectivity index (χ3n) is 4.45. The number of anilines is 1. The molecule has 4 heterocycles. The molecular weight excluding hydrogens is 306 g/mol. The van der Waals surface area contributed by atoms with Crippen molar-refractivity contribution < 1.29 is 0 Å². The molecule has 3 aromatic heterocycles. The molecule has 1 aliphatic heterocycles. The molecular formula is C17H15N5S. The maximum absolute atomic E-state index is 4.69. The molecule has 1 saturated heterocycles. The van der Waals surface area contributed by atoms with Gasteiger partial charge in [-0.2, -0.15) is 0 Å². The Morgan fingerprint density at radius 1 is 1.09 bits per heavy atom. The maximum atomic E-state index is 4.69. The van der Waals surface area contributed by atoms with Gasteiger partial charge in [-0.25, -0.2) is 9.97 Å². The van der Waals surface area contributed by atoms with Crippen LogP contribution in [0.2, 0.25) is 0 Å². The van der Waals surface area contributed by atoms with E-state index < -0.39 is 0 Å². The first-order valence-corrected chi connectivity index (χ1v) is 8.50. The summed E-state index contributed by atoms with van der Waals surface area (Å²) >= 11 is 1.74. The van der Waals surface area contributed by atoms with Crippen molar-refractivity contribution in [2.45, 2.75) is 13.0 Å². The van der Waals surface area contributed by atoms with Crippen LogP contribution < -0.4 is 4.90 Å². The number of pyridine rings is 1. The average Bonchev–Trinajstić information content (AvgIpc) is 3.07. The van der Waals surface area contributed by atoms with E-state index in [0.717, 1.165) is 35.1 Å². The van der Waals surface area contributed by atoms with Gasteiger partial charge in [-0.15, -0.1) is 0 Å². The number of hydrogen-bond donors (Lipinski definition) is 0. The predicted octanol–water partition coefficient (Wildman–Crippen LogP) is 3.41. The molecule has 1 fully saturated rings. The molecule has 4 aromatic rings. The van der Waals surface area contributed by atoms with E-state index in [1.165, 1.54) is 10.2 Å². The molecule has 0 bridgehead atoms. The highest BCUT2D eigenvalue weighted by molar-refractivity contribution is 7.22. The molecule has 6 heteroatoms. The summed E-state index contributed by atoms with van der Waals surface area (Å²) in [5.41, 5.74) is 3.29. The van der Waals surface area contributed by atoms with Crippen LogP contribution in [0.1, 0.15) is 11.9 Å². The smallest absolute Gasteiger partial charge is 0.186 e. The predicted molar refractivity (Wildman–Crippen MR) is 93.1 cm³/mol. The number of rotatable bonds is 2. The van der Waals surface area contributed by atoms with Crippen LogP contribution in [0.5, 0.6) is 0 Å². The molecule has 0 unspecified atom stereocenters. The van der Waals surface area contributed by atoms with Crippen LogP contribution in [-0.4, -0.2) is 32.6 Å². The van der Waals surface area contributed by atoms with Gasteiger partial charge < -0.3 is 9.47 Å². The van der Waals surface area contributed by atoms with Gasteiger partial charge in [0.25, 0.3) is 0 Å². The number of para-hydroxylation sites is 2. The van der Waals surface area contributed by atoms with Crippen LogP contribution in [0.25, 0.3) is 21.3 Å². The summed E-state index contributed by atoms with van der Waals surface area (Å²) in [4.78, 5) is 15.8. The molecule has 0 spiro atoms. The minimum absolute atomic E-state index is 0.465. The minimum atomic E-state index is 0.465. The van der Waals surface area contributed by atoms with Crippen molar-refractivity contribution in [3.63, 3.8) is 0 Å². The molecule has 0 radical (unpaired) electrons. The molecule has 114 valence electrons. The van der Waals surface area contributed by atoms with Crippen molar-refractivity contribution in [1.29, 1.82) is 0 Å². The first-order valence-electron chi connectivity index (χ1n) is 7.69. The van der Waals surface area contributed by atoms with Crippen molar-refractivity contribution in [3.8, 4) is 0 Å². The van der Waals surface area contributed by atoms with E-state index in [2.05, 4.69) is 44.6 Å². The van der Waals surface area contributed by atoms with E-state index in [-0.39, 0.29) is 0 Å². The second-order valence-electron chi connectivity index (χ2n) is 5.92. The Balaban J connectivity index is 1.44. The molecule has 0 atom stereocenters. The molecule has 0 aliphatic carbocycles. The van der Waals surface area contributed by atoms with Crippen LogP contribution in [0.4, 0.5) is 5.13 Å². The Morgan fingerprint density at radius 2 is 1.96 bits per heavy atom. The standard InChI is InChI=1S/C17H15N5S/c1-11-19-13-4-2-3-5-15(13)22(11)12-9-21(10-12)17-20-14-8-18-7-6-16(14)23-17/h2-8,12H,9-10H2,1H3. The highest BCUT2D eigenvalue weighted by atomic mass is 32.1. The third-order valence-corrected chi connectivity index (χ3v) is 5.55. The number of thiazole rings is 1. The number of nitrogens with zero attached hydrogens (tertiary/aromatic N) is 5. The molecule has 5 nitrogen and oxygen atoms in total. The van der Waals surface area contributed by atoms with Gasteiger partial charge in [-0.05, 0) is 25.1 Å². The maximum Gasteiger partial charge on any atom is 0.186 e. The normalized spacial score (nSPS) is 15.4. The summed E-state index contributed by atoms with van der Waals surface area (Å²) in [5.74, 6) is 1.09. The first kappa shape index (κ1) is 13.0. The van der Waals surface area contributed by atoms with E-state index >= 15 is 0 Å². The third kappa shape index (κ3) is 1.95. The number of aryl methyl sites for hydroxylation is 1. The van der Waals surface area contributed by atoms with Gasteiger partial charge in [0.1, 0.15) is 11.3 Å². The molecule has 0 amide bonds. The summed E-state index contributed by atoms with van der Waals surface area (Å²) < 4.78 is 3.56. The number of imidazole rings is 1. The summed E-state index contributed by atoms with van der Waals surface area (Å²) in [6, 6.07) is 10.9. The second-order valence-corrected chi connectivity index (χ2v) is 6.93. The van der Waals surface area contributed by atoms with Gasteiger partial charge in [0.15, 0.2) is 5.13 Å². The average molecular weight is 321 g/mol. The Morgan fingerprint density at radius 3 is 2.83 bits per heavy atom. The van der Waals surface area contributed by atoms with E-state index in [4.69, 9.17) is 4.98 Å². The summed E-state index contributed by atoms with van der Waals surface area (Å²) in [6.07, 6.45) is 3.66. The quantitative estimate of drug-likeness (QED) is 0.567. The van der Waals surface area contributed by atoms with E-state index in [1.54, 1.807) is 11.3 Å². The number of aromatic nitrogens is 4. The summed E-state index contributed by atoms with van der Waals surface area (Å²) in [5, 5.41) is 1.09. The van der Waals surface area contributed by atoms with Crippen molar-refractivity contribution >= 4 is 37.7 Å². The first-order chi connectivity index (χ1) is 11.3. The molecule has 1 aromatic carbocycles. The molecule has 1 aliphatic rings. The van der Waals surface area contributed by atoms with E-state index in [0.29, 0.717) is 6.04 Å². The number of fused-ring (bicyclic) bond motifs is 2. The fourth-order valence-electron chi connectivity index (χ4n) is 3.30. The largest absolute Gasteiger partial charge is 0.344 e. The van der Waals surface area contributed by atoms with Crippen molar-refractivity contribution in [3.05, 3.63) is 48.5 Å². The summed E-state index contributed by atoms with van der Waals surface area (Å²) in [6.45, 7) is 4.05. The Labute approximate surface area is 137 Å². The van der Waals surface area contributed by atoms with Gasteiger partial charge in [-0.1, -0.05) is 23.5 Å². The topological polar surface area (TPSA) is 46.8 Å². The van der Waals surface area contributed by atoms with Gasteiger partial charge in [-0.3, -0.25) is 4.98 Å². The Hall–Kier alpha value is -2.47. The van der Waals surface area contributed by atoms with E-state index in [9.17, 15) is 0 Å². The SMILES string of the molecule is Cc1nc2ccccc2n1C1CN(c2nc3cnccc3s2)C1. The lowest BCUT2D eigenvalue weighted by Crippen LogP contribution is -2.48. The van der Waals surface area contributed by atoms with E-state index in [1.807, 2.05) is 24.5 Å². The van der Waals surface area contributed by atoms with Crippen LogP contribution in [0.3, 0.4) is 0 Å². The van der Waals surface area contributed by atoms with Crippen LogP contribution >= 0.6 is 11.3 Å². The lowest BCUT2D eigenvalue weighted by molar-refractivity contribution is 0.401. The molecule has 0 N–H and O–H groups in total. The minimum Gasteiger partial charge on any atom is -0.344 e. The van der Waals surface area contributed by atoms with Crippen molar-refractivity contribution in [2.24, 2.45) is 0 Å². The number of benzene rings is 1. The van der Waals surface area contributed by atoms with Crippen LogP contribution in [0, 0.1) is 6.92 Å². The fourth-order valence-corrected chi connectivity index (χ4v) is 4.25. The second kappa shape index (κ2) is 4.76. The highest BCUT2D eigenvalue weighted by Gasteiger charge is 2.32. The van der Waals surface area contributed by atoms with Crippen LogP contribution in [0.15, 0.2) is 42.7 Å². The van der Waals surface area contributed by atoms with Gasteiger partial charge in [0.2, 0.25) is 0 Å². The van der Waals surface area contributed by atoms with Gasteiger partial charge in [0.05, 0.1) is 28.0 Å². The van der Waals surface area contributed by atoms with Crippen molar-refractivity contribution in [1.82, 2.24) is 19.5 Å². The zero-order chi connectivity index (χ0) is 15.4. The van der Waals surface area contributed by atoms with Crippen LogP contribution in [-0.2, 0) is 0 Å². The Kier molecular flexibility index (Phi) is 2.69. The van der Waals surface area contributed by atoms with Crippen molar-refractivity contribution in [2.75, 3.05) is 18.0 Å². The zero-order valence-electron chi connectivity index (χ0n) is 12.7. The molecule has 0 saturated carbocycles. The van der Waals surface area contributed by atoms with Gasteiger partial charge >= 0.3 is 0 Å². The molecule has 23 heavy (non-hydrogen) atoms. The highest BCUT2D eigenvalue weighted by Crippen LogP contribution is 2.35. The lowest BCUT2D eigenvalue weighted by atomic mass is 10.1. The summed E-state index contributed by atoms with van der Waals surface area (Å²) in [7, 11) is 0.